The number of carbonyl (C=O) groups is 3. The number of methoxy groups -OCH3 is 1. The van der Waals surface area contributed by atoms with Gasteiger partial charge in [-0.3, -0.25) is 4.79 Å². The number of nitrogens with zero attached hydrogens (tertiary/aromatic N) is 3. The molecule has 0 spiro atoms. The predicted octanol–water partition coefficient (Wildman–Crippen LogP) is 2.97. The van der Waals surface area contributed by atoms with Gasteiger partial charge in [0, 0.05) is 25.0 Å². The first-order valence-electron chi connectivity index (χ1n) is 10.6. The monoisotopic (exact) mass is 455 g/mol. The van der Waals surface area contributed by atoms with Crippen LogP contribution in [0.15, 0.2) is 41.4 Å². The maximum absolute atomic E-state index is 12.9. The van der Waals surface area contributed by atoms with E-state index >= 15 is 0 Å². The standard InChI is InChI=1S/C23H25N3O5S/c1-30-21(28)14-20-26(19(27)15-32-20)11-6-12-31-23(29)17-13-16-7-2-3-8-18(16)24-22(17)25-9-4-5-10-25/h2-3,7-8,13-14H,4-6,9-12,15H2,1H3/b20-14+. The zero-order valence-electron chi connectivity index (χ0n) is 17.9. The number of hydrogen-bond donors (Lipinski definition) is 0. The molecule has 0 saturated carbocycles. The second kappa shape index (κ2) is 10.0. The predicted molar refractivity (Wildman–Crippen MR) is 122 cm³/mol. The molecule has 2 aliphatic heterocycles. The van der Waals surface area contributed by atoms with Gasteiger partial charge < -0.3 is 19.3 Å². The maximum atomic E-state index is 12.9. The van der Waals surface area contributed by atoms with E-state index in [0.29, 0.717) is 29.4 Å². The highest BCUT2D eigenvalue weighted by molar-refractivity contribution is 8.04. The Kier molecular flexibility index (Phi) is 6.94. The van der Waals surface area contributed by atoms with E-state index in [1.54, 1.807) is 0 Å². The zero-order valence-corrected chi connectivity index (χ0v) is 18.7. The lowest BCUT2D eigenvalue weighted by Gasteiger charge is -2.20. The Hall–Kier alpha value is -3.07. The number of para-hydroxylation sites is 1. The van der Waals surface area contributed by atoms with Gasteiger partial charge in [-0.2, -0.15) is 0 Å². The van der Waals surface area contributed by atoms with Crippen LogP contribution in [-0.4, -0.2) is 66.8 Å². The molecular formula is C23H25N3O5S. The first kappa shape index (κ1) is 22.1. The molecule has 0 N–H and O–H groups in total. The first-order chi connectivity index (χ1) is 15.6. The smallest absolute Gasteiger partial charge is 0.341 e. The number of benzene rings is 1. The Morgan fingerprint density at radius 3 is 2.78 bits per heavy atom. The minimum Gasteiger partial charge on any atom is -0.466 e. The number of esters is 2. The van der Waals surface area contributed by atoms with Crippen molar-refractivity contribution in [2.45, 2.75) is 19.3 Å². The minimum atomic E-state index is -0.503. The number of pyridine rings is 1. The van der Waals surface area contributed by atoms with Crippen LogP contribution in [0.2, 0.25) is 0 Å². The van der Waals surface area contributed by atoms with Crippen molar-refractivity contribution in [1.82, 2.24) is 9.88 Å². The number of anilines is 1. The number of ether oxygens (including phenoxy) is 2. The van der Waals surface area contributed by atoms with Crippen LogP contribution in [0.1, 0.15) is 29.6 Å². The third kappa shape index (κ3) is 4.88. The van der Waals surface area contributed by atoms with Crippen LogP contribution in [-0.2, 0) is 19.1 Å². The summed E-state index contributed by atoms with van der Waals surface area (Å²) < 4.78 is 10.2. The molecule has 4 rings (SSSR count). The van der Waals surface area contributed by atoms with Crippen molar-refractivity contribution < 1.29 is 23.9 Å². The largest absolute Gasteiger partial charge is 0.466 e. The van der Waals surface area contributed by atoms with Gasteiger partial charge in [0.1, 0.15) is 11.4 Å². The summed E-state index contributed by atoms with van der Waals surface area (Å²) in [7, 11) is 1.29. The van der Waals surface area contributed by atoms with E-state index in [2.05, 4.69) is 9.64 Å². The van der Waals surface area contributed by atoms with E-state index in [9.17, 15) is 14.4 Å². The lowest BCUT2D eigenvalue weighted by molar-refractivity contribution is -0.134. The minimum absolute atomic E-state index is 0.0773. The van der Waals surface area contributed by atoms with Gasteiger partial charge in [0.15, 0.2) is 0 Å². The van der Waals surface area contributed by atoms with E-state index in [-0.39, 0.29) is 18.3 Å². The van der Waals surface area contributed by atoms with Gasteiger partial charge in [-0.15, -0.1) is 0 Å². The number of thioether (sulfide) groups is 1. The van der Waals surface area contributed by atoms with Gasteiger partial charge in [0.05, 0.1) is 36.1 Å². The molecule has 0 atom stereocenters. The fourth-order valence-electron chi connectivity index (χ4n) is 3.82. The lowest BCUT2D eigenvalue weighted by Crippen LogP contribution is -2.27. The first-order valence-corrected chi connectivity index (χ1v) is 11.6. The summed E-state index contributed by atoms with van der Waals surface area (Å²) in [4.78, 5) is 44.9. The van der Waals surface area contributed by atoms with Crippen LogP contribution in [0.3, 0.4) is 0 Å². The van der Waals surface area contributed by atoms with Crippen molar-refractivity contribution >= 4 is 46.3 Å². The Balaban J connectivity index is 1.42. The van der Waals surface area contributed by atoms with Gasteiger partial charge in [0.25, 0.3) is 0 Å². The Morgan fingerprint density at radius 1 is 1.22 bits per heavy atom. The number of fused-ring (bicyclic) bond motifs is 1. The zero-order chi connectivity index (χ0) is 22.5. The van der Waals surface area contributed by atoms with Crippen LogP contribution in [0, 0.1) is 0 Å². The topological polar surface area (TPSA) is 89.0 Å². The van der Waals surface area contributed by atoms with Crippen LogP contribution >= 0.6 is 11.8 Å². The molecule has 0 bridgehead atoms. The summed E-state index contributed by atoms with van der Waals surface area (Å²) in [5, 5.41) is 1.45. The van der Waals surface area contributed by atoms with E-state index in [0.717, 1.165) is 36.8 Å². The average molecular weight is 456 g/mol. The molecule has 2 aliphatic rings. The molecule has 168 valence electrons. The highest BCUT2D eigenvalue weighted by atomic mass is 32.2. The highest BCUT2D eigenvalue weighted by Crippen LogP contribution is 2.29. The van der Waals surface area contributed by atoms with Gasteiger partial charge in [-0.25, -0.2) is 14.6 Å². The Bertz CT molecular complexity index is 1060. The molecule has 0 radical (unpaired) electrons. The normalized spacial score (nSPS) is 17.4. The molecular weight excluding hydrogens is 430 g/mol. The van der Waals surface area contributed by atoms with E-state index in [1.165, 1.54) is 29.8 Å². The summed E-state index contributed by atoms with van der Waals surface area (Å²) in [6, 6.07) is 9.56. The third-order valence-corrected chi connectivity index (χ3v) is 6.47. The molecule has 1 aromatic carbocycles. The van der Waals surface area contributed by atoms with E-state index in [4.69, 9.17) is 9.72 Å². The third-order valence-electron chi connectivity index (χ3n) is 5.44. The Labute approximate surface area is 190 Å². The molecule has 1 amide bonds. The molecule has 2 aromatic rings. The quantitative estimate of drug-likeness (QED) is 0.358. The fourth-order valence-corrected chi connectivity index (χ4v) is 4.78. The van der Waals surface area contributed by atoms with E-state index in [1.807, 2.05) is 30.3 Å². The molecule has 2 fully saturated rings. The van der Waals surface area contributed by atoms with Crippen molar-refractivity contribution in [2.24, 2.45) is 0 Å². The second-order valence-corrected chi connectivity index (χ2v) is 8.57. The van der Waals surface area contributed by atoms with Crippen molar-refractivity contribution in [1.29, 1.82) is 0 Å². The molecule has 0 aliphatic carbocycles. The number of amides is 1. The second-order valence-electron chi connectivity index (χ2n) is 7.58. The summed E-state index contributed by atoms with van der Waals surface area (Å²) in [5.41, 5.74) is 1.31. The van der Waals surface area contributed by atoms with Gasteiger partial charge >= 0.3 is 11.9 Å². The Morgan fingerprint density at radius 2 is 2.00 bits per heavy atom. The molecule has 2 saturated heterocycles. The van der Waals surface area contributed by atoms with Crippen molar-refractivity contribution in [3.8, 4) is 0 Å². The summed E-state index contributed by atoms with van der Waals surface area (Å²) in [6.07, 6.45) is 3.92. The molecule has 32 heavy (non-hydrogen) atoms. The van der Waals surface area contributed by atoms with Crippen LogP contribution in [0.4, 0.5) is 5.82 Å². The SMILES string of the molecule is COC(=O)/C=C1/SCC(=O)N1CCCOC(=O)c1cc2ccccc2nc1N1CCCC1. The van der Waals surface area contributed by atoms with Gasteiger partial charge in [-0.1, -0.05) is 30.0 Å². The number of aromatic nitrogens is 1. The summed E-state index contributed by atoms with van der Waals surface area (Å²) in [6.45, 7) is 2.26. The van der Waals surface area contributed by atoms with Crippen molar-refractivity contribution in [3.63, 3.8) is 0 Å². The molecule has 8 nitrogen and oxygen atoms in total. The highest BCUT2D eigenvalue weighted by Gasteiger charge is 2.27. The molecule has 3 heterocycles. The number of rotatable bonds is 7. The molecule has 1 aromatic heterocycles. The van der Waals surface area contributed by atoms with Gasteiger partial charge in [-0.05, 0) is 31.4 Å². The molecule has 0 unspecified atom stereocenters. The summed E-state index contributed by atoms with van der Waals surface area (Å²) in [5.74, 6) is -0.0495. The number of hydrogen-bond acceptors (Lipinski definition) is 8. The van der Waals surface area contributed by atoms with Crippen LogP contribution in [0.5, 0.6) is 0 Å². The van der Waals surface area contributed by atoms with Gasteiger partial charge in [0.2, 0.25) is 5.91 Å². The fraction of sp³-hybridized carbons (Fsp3) is 0.391. The van der Waals surface area contributed by atoms with Crippen LogP contribution in [0.25, 0.3) is 10.9 Å². The van der Waals surface area contributed by atoms with Crippen LogP contribution < -0.4 is 4.90 Å². The average Bonchev–Trinajstić information content (AvgIpc) is 3.46. The summed E-state index contributed by atoms with van der Waals surface area (Å²) >= 11 is 1.30. The van der Waals surface area contributed by atoms with Crippen molar-refractivity contribution in [3.05, 3.63) is 47.0 Å². The molecule has 9 heteroatoms. The lowest BCUT2D eigenvalue weighted by atomic mass is 10.1. The van der Waals surface area contributed by atoms with Crippen molar-refractivity contribution in [2.75, 3.05) is 44.0 Å². The van der Waals surface area contributed by atoms with E-state index < -0.39 is 11.9 Å². The maximum Gasteiger partial charge on any atom is 0.341 e. The number of carbonyl (C=O) groups excluding carboxylic acids is 3.